The fourth-order valence-electron chi connectivity index (χ4n) is 6.61. The Balaban J connectivity index is 1.31. The number of carboxylic acid groups (broad SMARTS) is 1. The van der Waals surface area contributed by atoms with E-state index in [-0.39, 0.29) is 18.2 Å². The first-order valence-corrected chi connectivity index (χ1v) is 15.4. The Bertz CT molecular complexity index is 1720. The van der Waals surface area contributed by atoms with Gasteiger partial charge in [0, 0.05) is 43.5 Å². The van der Waals surface area contributed by atoms with E-state index in [0.717, 1.165) is 55.2 Å². The van der Waals surface area contributed by atoms with Crippen molar-refractivity contribution >= 4 is 11.7 Å². The summed E-state index contributed by atoms with van der Waals surface area (Å²) < 4.78 is 18.7. The second-order valence-corrected chi connectivity index (χ2v) is 11.5. The van der Waals surface area contributed by atoms with Crippen molar-refractivity contribution < 1.29 is 24.1 Å². The zero-order chi connectivity index (χ0) is 31.5. The van der Waals surface area contributed by atoms with Gasteiger partial charge in [-0.05, 0) is 53.4 Å². The molecule has 9 nitrogen and oxygen atoms in total. The Morgan fingerprint density at radius 1 is 0.933 bits per heavy atom. The predicted molar refractivity (Wildman–Crippen MR) is 174 cm³/mol. The van der Waals surface area contributed by atoms with Crippen LogP contribution in [0.4, 0.5) is 5.69 Å². The standard InChI is InChI=1S/C36H39N3O6/c1-4-25-18-30(36(41)42)35(40)39(21-27-12-15-29(43-2)19-32(27)44-3)34(25)26-10-13-28(14-11-26)38-22-31-33(23-38)45-17-16-37(31)20-24-8-6-5-7-9-24/h5-15,18-19,31,33H,4,16-17,20-23H2,1-3H3,(H,41,42). The number of aromatic carboxylic acids is 1. The number of carbonyl (C=O) groups is 1. The van der Waals surface area contributed by atoms with Gasteiger partial charge in [-0.1, -0.05) is 49.4 Å². The number of hydrogen-bond donors (Lipinski definition) is 1. The zero-order valence-corrected chi connectivity index (χ0v) is 25.9. The number of benzene rings is 3. The van der Waals surface area contributed by atoms with Gasteiger partial charge in [0.1, 0.15) is 17.1 Å². The van der Waals surface area contributed by atoms with Crippen molar-refractivity contribution in [1.82, 2.24) is 9.47 Å². The number of carboxylic acids is 1. The Hall–Kier alpha value is -4.60. The van der Waals surface area contributed by atoms with Gasteiger partial charge in [-0.15, -0.1) is 0 Å². The van der Waals surface area contributed by atoms with Crippen molar-refractivity contribution in [2.75, 3.05) is 45.4 Å². The molecule has 3 heterocycles. The van der Waals surface area contributed by atoms with Crippen LogP contribution in [0.15, 0.2) is 83.7 Å². The number of ether oxygens (including phenoxy) is 3. The van der Waals surface area contributed by atoms with Gasteiger partial charge in [0.05, 0.1) is 45.2 Å². The Labute approximate surface area is 263 Å². The van der Waals surface area contributed by atoms with Crippen LogP contribution < -0.4 is 19.9 Å². The fourth-order valence-corrected chi connectivity index (χ4v) is 6.61. The molecule has 9 heteroatoms. The van der Waals surface area contributed by atoms with Crippen molar-refractivity contribution in [2.45, 2.75) is 38.6 Å². The largest absolute Gasteiger partial charge is 0.497 e. The van der Waals surface area contributed by atoms with Crippen molar-refractivity contribution in [3.8, 4) is 22.8 Å². The molecule has 0 saturated carbocycles. The molecule has 45 heavy (non-hydrogen) atoms. The number of fused-ring (bicyclic) bond motifs is 1. The molecule has 2 unspecified atom stereocenters. The molecule has 2 aliphatic rings. The molecular weight excluding hydrogens is 570 g/mol. The highest BCUT2D eigenvalue weighted by Crippen LogP contribution is 2.33. The first kappa shape index (κ1) is 30.4. The van der Waals surface area contributed by atoms with Crippen LogP contribution in [0.1, 0.15) is 34.0 Å². The van der Waals surface area contributed by atoms with Crippen molar-refractivity contribution in [3.05, 3.63) is 111 Å². The van der Waals surface area contributed by atoms with Crippen LogP contribution in [0.3, 0.4) is 0 Å². The summed E-state index contributed by atoms with van der Waals surface area (Å²) in [6.45, 7) is 6.32. The maximum atomic E-state index is 13.7. The van der Waals surface area contributed by atoms with Gasteiger partial charge in [0.25, 0.3) is 5.56 Å². The SMILES string of the molecule is CCc1cc(C(=O)O)c(=O)n(Cc2ccc(OC)cc2OC)c1-c1ccc(N2CC3OCCN(Cc4ccccc4)C3C2)cc1. The molecule has 3 aromatic carbocycles. The highest BCUT2D eigenvalue weighted by molar-refractivity contribution is 5.88. The normalized spacial score (nSPS) is 18.1. The molecule has 2 saturated heterocycles. The summed E-state index contributed by atoms with van der Waals surface area (Å²) in [6, 6.07) is 26.0. The number of morpholine rings is 1. The smallest absolute Gasteiger partial charge is 0.341 e. The molecule has 0 aliphatic carbocycles. The van der Waals surface area contributed by atoms with E-state index in [1.165, 1.54) is 11.6 Å². The van der Waals surface area contributed by atoms with Gasteiger partial charge in [-0.3, -0.25) is 9.69 Å². The number of rotatable bonds is 10. The van der Waals surface area contributed by atoms with Crippen LogP contribution in [-0.4, -0.2) is 73.1 Å². The number of hydrogen-bond acceptors (Lipinski definition) is 7. The topological polar surface area (TPSA) is 93.5 Å². The van der Waals surface area contributed by atoms with E-state index in [0.29, 0.717) is 29.7 Å². The molecule has 4 aromatic rings. The molecule has 2 aliphatic heterocycles. The van der Waals surface area contributed by atoms with Gasteiger partial charge >= 0.3 is 5.97 Å². The maximum absolute atomic E-state index is 13.7. The number of anilines is 1. The lowest BCUT2D eigenvalue weighted by molar-refractivity contribution is -0.0499. The Kier molecular flexibility index (Phi) is 8.91. The molecule has 2 atom stereocenters. The van der Waals surface area contributed by atoms with Crippen LogP contribution in [0.25, 0.3) is 11.3 Å². The molecule has 234 valence electrons. The summed E-state index contributed by atoms with van der Waals surface area (Å²) >= 11 is 0. The summed E-state index contributed by atoms with van der Waals surface area (Å²) in [7, 11) is 3.14. The van der Waals surface area contributed by atoms with Gasteiger partial charge in [-0.2, -0.15) is 0 Å². The van der Waals surface area contributed by atoms with Crippen molar-refractivity contribution in [3.63, 3.8) is 0 Å². The summed E-state index contributed by atoms with van der Waals surface area (Å²) in [6.07, 6.45) is 0.698. The quantitative estimate of drug-likeness (QED) is 0.271. The average molecular weight is 610 g/mol. The fraction of sp³-hybridized carbons (Fsp3) is 0.333. The lowest BCUT2D eigenvalue weighted by Crippen LogP contribution is -2.50. The highest BCUT2D eigenvalue weighted by Gasteiger charge is 2.40. The molecule has 0 spiro atoms. The van der Waals surface area contributed by atoms with E-state index in [2.05, 4.69) is 46.2 Å². The number of pyridine rings is 1. The zero-order valence-electron chi connectivity index (χ0n) is 25.9. The van der Waals surface area contributed by atoms with Crippen LogP contribution in [-0.2, 0) is 24.2 Å². The average Bonchev–Trinajstić information content (AvgIpc) is 3.51. The minimum atomic E-state index is -1.24. The van der Waals surface area contributed by atoms with E-state index in [4.69, 9.17) is 14.2 Å². The van der Waals surface area contributed by atoms with Crippen LogP contribution in [0.5, 0.6) is 11.5 Å². The maximum Gasteiger partial charge on any atom is 0.341 e. The molecule has 1 N–H and O–H groups in total. The monoisotopic (exact) mass is 609 g/mol. The molecule has 1 aromatic heterocycles. The lowest BCUT2D eigenvalue weighted by Gasteiger charge is -2.36. The van der Waals surface area contributed by atoms with E-state index in [1.54, 1.807) is 30.9 Å². The number of aromatic nitrogens is 1. The molecule has 0 radical (unpaired) electrons. The van der Waals surface area contributed by atoms with Crippen LogP contribution in [0.2, 0.25) is 0 Å². The number of methoxy groups -OCH3 is 2. The van der Waals surface area contributed by atoms with Crippen LogP contribution >= 0.6 is 0 Å². The minimum Gasteiger partial charge on any atom is -0.497 e. The second kappa shape index (κ2) is 13.2. The third-order valence-electron chi connectivity index (χ3n) is 8.95. The van der Waals surface area contributed by atoms with Crippen LogP contribution in [0, 0.1) is 0 Å². The van der Waals surface area contributed by atoms with Gasteiger partial charge < -0.3 is 28.8 Å². The van der Waals surface area contributed by atoms with E-state index < -0.39 is 11.5 Å². The molecule has 6 rings (SSSR count). The summed E-state index contributed by atoms with van der Waals surface area (Å²) in [5, 5.41) is 9.88. The first-order chi connectivity index (χ1) is 21.9. The van der Waals surface area contributed by atoms with E-state index >= 15 is 0 Å². The number of nitrogens with zero attached hydrogens (tertiary/aromatic N) is 3. The summed E-state index contributed by atoms with van der Waals surface area (Å²) in [5.41, 5.74) is 4.64. The molecule has 0 amide bonds. The predicted octanol–water partition coefficient (Wildman–Crippen LogP) is 4.93. The third-order valence-corrected chi connectivity index (χ3v) is 8.95. The summed E-state index contributed by atoms with van der Waals surface area (Å²) in [5.74, 6) is -0.0611. The Morgan fingerprint density at radius 2 is 1.71 bits per heavy atom. The molecular formula is C36H39N3O6. The Morgan fingerprint density at radius 3 is 2.40 bits per heavy atom. The highest BCUT2D eigenvalue weighted by atomic mass is 16.5. The van der Waals surface area contributed by atoms with Gasteiger partial charge in [-0.25, -0.2) is 4.79 Å². The van der Waals surface area contributed by atoms with Crippen molar-refractivity contribution in [1.29, 1.82) is 0 Å². The summed E-state index contributed by atoms with van der Waals surface area (Å²) in [4.78, 5) is 30.7. The van der Waals surface area contributed by atoms with E-state index in [9.17, 15) is 14.7 Å². The first-order valence-electron chi connectivity index (χ1n) is 15.4. The van der Waals surface area contributed by atoms with E-state index in [1.807, 2.05) is 31.2 Å². The van der Waals surface area contributed by atoms with Gasteiger partial charge in [0.2, 0.25) is 0 Å². The number of aryl methyl sites for hydroxylation is 1. The van der Waals surface area contributed by atoms with Gasteiger partial charge in [0.15, 0.2) is 0 Å². The minimum absolute atomic E-state index is 0.140. The molecule has 0 bridgehead atoms. The third kappa shape index (κ3) is 6.18. The second-order valence-electron chi connectivity index (χ2n) is 11.5. The van der Waals surface area contributed by atoms with Crippen molar-refractivity contribution in [2.24, 2.45) is 0 Å². The lowest BCUT2D eigenvalue weighted by atomic mass is 10.00. The molecule has 2 fully saturated rings.